The number of fused-ring (bicyclic) bond motifs is 2. The van der Waals surface area contributed by atoms with Gasteiger partial charge in [0.1, 0.15) is 12.1 Å². The van der Waals surface area contributed by atoms with Gasteiger partial charge in [0.2, 0.25) is 5.91 Å². The van der Waals surface area contributed by atoms with Crippen molar-refractivity contribution in [3.8, 4) is 0 Å². The highest BCUT2D eigenvalue weighted by atomic mass is 32.3. The van der Waals surface area contributed by atoms with Gasteiger partial charge in [0.25, 0.3) is 0 Å². The molecule has 0 aliphatic carbocycles. The highest BCUT2D eigenvalue weighted by Crippen LogP contribution is 2.30. The van der Waals surface area contributed by atoms with Crippen molar-refractivity contribution in [2.75, 3.05) is 20.3 Å². The van der Waals surface area contributed by atoms with Crippen LogP contribution in [0.15, 0.2) is 11.6 Å². The zero-order valence-electron chi connectivity index (χ0n) is 10.4. The van der Waals surface area contributed by atoms with E-state index in [0.29, 0.717) is 10.6 Å². The average molecular weight is 307 g/mol. The largest absolute Gasteiger partial charge is 0.418 e. The van der Waals surface area contributed by atoms with Crippen LogP contribution >= 0.6 is 0 Å². The summed E-state index contributed by atoms with van der Waals surface area (Å²) in [6.45, 7) is 0.0675. The summed E-state index contributed by atoms with van der Waals surface area (Å²) >= 11 is 0. The fourth-order valence-corrected chi connectivity index (χ4v) is 2.61. The zero-order valence-corrected chi connectivity index (χ0v) is 11.2. The molecule has 0 radical (unpaired) electrons. The minimum absolute atomic E-state index is 0.0111. The van der Waals surface area contributed by atoms with Crippen molar-refractivity contribution in [1.82, 2.24) is 9.96 Å². The molecule has 20 heavy (non-hydrogen) atoms. The fourth-order valence-electron chi connectivity index (χ4n) is 2.23. The molecule has 2 atom stereocenters. The molecule has 2 aliphatic heterocycles. The summed E-state index contributed by atoms with van der Waals surface area (Å²) in [5.74, 6) is -0.765. The number of carbonyl (C=O) groups excluding carboxylic acids is 2. The summed E-state index contributed by atoms with van der Waals surface area (Å²) in [6, 6.07) is -2.67. The molecule has 10 nitrogen and oxygen atoms in total. The molecule has 0 aromatic rings. The lowest BCUT2D eigenvalue weighted by molar-refractivity contribution is -0.120. The Morgan fingerprint density at radius 1 is 1.60 bits per heavy atom. The Kier molecular flexibility index (Phi) is 3.69. The third-order valence-electron chi connectivity index (χ3n) is 3.00. The normalized spacial score (nSPS) is 25.9. The third-order valence-corrected chi connectivity index (χ3v) is 3.35. The molecule has 2 aliphatic rings. The van der Waals surface area contributed by atoms with E-state index in [2.05, 4.69) is 4.28 Å². The van der Waals surface area contributed by atoms with E-state index < -0.39 is 34.4 Å². The van der Waals surface area contributed by atoms with Gasteiger partial charge in [-0.25, -0.2) is 4.79 Å². The molecule has 0 aromatic carbocycles. The van der Waals surface area contributed by atoms with E-state index in [1.54, 1.807) is 0 Å². The van der Waals surface area contributed by atoms with Gasteiger partial charge < -0.3 is 15.4 Å². The second-order valence-corrected chi connectivity index (χ2v) is 5.31. The molecule has 0 spiro atoms. The van der Waals surface area contributed by atoms with Crippen molar-refractivity contribution in [1.29, 1.82) is 0 Å². The first-order valence-corrected chi connectivity index (χ1v) is 6.87. The lowest BCUT2D eigenvalue weighted by Gasteiger charge is -2.27. The van der Waals surface area contributed by atoms with E-state index in [0.717, 1.165) is 4.90 Å². The molecule has 3 amide bonds. The number of ether oxygens (including phenoxy) is 1. The summed E-state index contributed by atoms with van der Waals surface area (Å²) in [5.41, 5.74) is 5.66. The molecule has 0 saturated carbocycles. The van der Waals surface area contributed by atoms with Crippen LogP contribution in [-0.4, -0.2) is 67.2 Å². The van der Waals surface area contributed by atoms with E-state index in [1.165, 1.54) is 13.2 Å². The monoisotopic (exact) mass is 307 g/mol. The Bertz CT molecular complexity index is 572. The number of hydrogen-bond donors (Lipinski definition) is 2. The number of rotatable bonds is 5. The SMILES string of the molecule is COCC1=C[C@@H](C(N)=O)N2C[C@@H]1N(OS(=O)(=O)O)C2=O. The molecule has 3 N–H and O–H groups in total. The summed E-state index contributed by atoms with van der Waals surface area (Å²) in [5, 5.41) is 0.489. The molecule has 2 rings (SSSR count). The van der Waals surface area contributed by atoms with Gasteiger partial charge in [-0.15, -0.1) is 4.28 Å². The van der Waals surface area contributed by atoms with Crippen LogP contribution in [-0.2, 0) is 24.2 Å². The number of hydrogen-bond acceptors (Lipinski definition) is 6. The molecular weight excluding hydrogens is 294 g/mol. The lowest BCUT2D eigenvalue weighted by atomic mass is 10.0. The first-order chi connectivity index (χ1) is 9.24. The number of urea groups is 1. The Labute approximate surface area is 114 Å². The Morgan fingerprint density at radius 2 is 2.25 bits per heavy atom. The van der Waals surface area contributed by atoms with Crippen LogP contribution in [0.4, 0.5) is 4.79 Å². The van der Waals surface area contributed by atoms with E-state index in [1.807, 2.05) is 0 Å². The predicted molar refractivity (Wildman–Crippen MR) is 63.3 cm³/mol. The van der Waals surface area contributed by atoms with Crippen molar-refractivity contribution in [3.63, 3.8) is 0 Å². The number of hydroxylamine groups is 2. The van der Waals surface area contributed by atoms with Gasteiger partial charge in [-0.2, -0.15) is 13.5 Å². The minimum Gasteiger partial charge on any atom is -0.380 e. The van der Waals surface area contributed by atoms with Crippen LogP contribution in [0.2, 0.25) is 0 Å². The maximum Gasteiger partial charge on any atom is 0.418 e. The van der Waals surface area contributed by atoms with Crippen molar-refractivity contribution in [2.45, 2.75) is 12.1 Å². The van der Waals surface area contributed by atoms with Crippen LogP contribution < -0.4 is 5.73 Å². The average Bonchev–Trinajstić information content (AvgIpc) is 2.57. The maximum absolute atomic E-state index is 12.0. The fraction of sp³-hybridized carbons (Fsp3) is 0.556. The van der Waals surface area contributed by atoms with Gasteiger partial charge in [-0.3, -0.25) is 9.35 Å². The Morgan fingerprint density at radius 3 is 2.75 bits per heavy atom. The molecule has 1 fully saturated rings. The zero-order chi connectivity index (χ0) is 15.1. The first-order valence-electron chi connectivity index (χ1n) is 5.50. The van der Waals surface area contributed by atoms with Crippen LogP contribution in [0.1, 0.15) is 0 Å². The van der Waals surface area contributed by atoms with E-state index in [9.17, 15) is 18.0 Å². The van der Waals surface area contributed by atoms with Gasteiger partial charge >= 0.3 is 16.4 Å². The Balaban J connectivity index is 2.36. The number of nitrogens with zero attached hydrogens (tertiary/aromatic N) is 2. The molecule has 2 bridgehead atoms. The van der Waals surface area contributed by atoms with Crippen molar-refractivity contribution >= 4 is 22.3 Å². The summed E-state index contributed by atoms with van der Waals surface area (Å²) < 4.78 is 39.4. The number of methoxy groups -OCH3 is 1. The summed E-state index contributed by atoms with van der Waals surface area (Å²) in [6.07, 6.45) is 1.42. The van der Waals surface area contributed by atoms with E-state index in [4.69, 9.17) is 15.0 Å². The quantitative estimate of drug-likeness (QED) is 0.454. The maximum atomic E-state index is 12.0. The predicted octanol–water partition coefficient (Wildman–Crippen LogP) is -1.73. The third kappa shape index (κ3) is 2.60. The van der Waals surface area contributed by atoms with Crippen molar-refractivity contribution in [2.24, 2.45) is 5.73 Å². The highest BCUT2D eigenvalue weighted by Gasteiger charge is 2.49. The summed E-state index contributed by atoms with van der Waals surface area (Å²) in [7, 11) is -3.46. The van der Waals surface area contributed by atoms with Crippen LogP contribution in [0.3, 0.4) is 0 Å². The molecule has 112 valence electrons. The van der Waals surface area contributed by atoms with Crippen LogP contribution in [0.25, 0.3) is 0 Å². The number of nitrogens with two attached hydrogens (primary N) is 1. The van der Waals surface area contributed by atoms with E-state index in [-0.39, 0.29) is 13.2 Å². The second kappa shape index (κ2) is 5.01. The number of amides is 3. The summed E-state index contributed by atoms with van der Waals surface area (Å²) in [4.78, 5) is 24.4. The van der Waals surface area contributed by atoms with Crippen molar-refractivity contribution < 1.29 is 31.6 Å². The molecule has 11 heteroatoms. The van der Waals surface area contributed by atoms with Crippen LogP contribution in [0.5, 0.6) is 0 Å². The second-order valence-electron chi connectivity index (χ2n) is 4.30. The smallest absolute Gasteiger partial charge is 0.380 e. The van der Waals surface area contributed by atoms with Gasteiger partial charge in [0.05, 0.1) is 13.2 Å². The van der Waals surface area contributed by atoms with Gasteiger partial charge in [0.15, 0.2) is 0 Å². The number of primary amides is 1. The lowest BCUT2D eigenvalue weighted by Crippen LogP contribution is -2.47. The molecule has 1 saturated heterocycles. The van der Waals surface area contributed by atoms with Crippen molar-refractivity contribution in [3.05, 3.63) is 11.6 Å². The van der Waals surface area contributed by atoms with Crippen LogP contribution in [0, 0.1) is 0 Å². The Hall–Kier alpha value is -1.69. The number of carbonyl (C=O) groups is 2. The molecule has 2 heterocycles. The minimum atomic E-state index is -4.86. The standard InChI is InChI=1S/C9H13N3O7S/c1-18-4-5-2-6(8(10)13)11-3-7(5)12(9(11)14)19-20(15,16)17/h2,6-7H,3-4H2,1H3,(H2,10,13)(H,15,16,17)/t6-,7-/m0/s1. The van der Waals surface area contributed by atoms with E-state index >= 15 is 0 Å². The first kappa shape index (κ1) is 14.7. The van der Waals surface area contributed by atoms with Gasteiger partial charge in [-0.05, 0) is 11.6 Å². The van der Waals surface area contributed by atoms with Gasteiger partial charge in [-0.1, -0.05) is 0 Å². The topological polar surface area (TPSA) is 139 Å². The molecule has 0 unspecified atom stereocenters. The highest BCUT2D eigenvalue weighted by molar-refractivity contribution is 7.80. The van der Waals surface area contributed by atoms with Gasteiger partial charge in [0, 0.05) is 7.11 Å². The molecule has 0 aromatic heterocycles. The molecular formula is C9H13N3O7S.